The Hall–Kier alpha value is -1.81. The second-order valence-electron chi connectivity index (χ2n) is 7.60. The van der Waals surface area contributed by atoms with Gasteiger partial charge in [-0.3, -0.25) is 0 Å². The van der Waals surface area contributed by atoms with Crippen LogP contribution >= 0.6 is 0 Å². The Bertz CT molecular complexity index is 532. The number of aliphatic hydroxyl groups excluding tert-OH is 1. The summed E-state index contributed by atoms with van der Waals surface area (Å²) in [7, 11) is 0. The molecule has 2 N–H and O–H groups in total. The van der Waals surface area contributed by atoms with Crippen molar-refractivity contribution in [3.63, 3.8) is 0 Å². The molecule has 24 heavy (non-hydrogen) atoms. The minimum absolute atomic E-state index is 0.0806. The highest BCUT2D eigenvalue weighted by Crippen LogP contribution is 2.18. The van der Waals surface area contributed by atoms with Crippen molar-refractivity contribution in [2.45, 2.75) is 65.2 Å². The fraction of sp³-hybridized carbons (Fsp3) is 0.550. The van der Waals surface area contributed by atoms with Gasteiger partial charge in [-0.25, -0.2) is 4.79 Å². The number of carbonyl (C=O) groups excluding carboxylic acids is 1. The maximum atomic E-state index is 12.0. The standard InChI is InChI=1S/C20H31NO3/c1-14(2)18(21-19(23)24-20(4,5)6)17(22)13-15(3)12-16-10-8-7-9-11-16/h7-11,14,17-18,22H,3,12-13H2,1-2,4-6H3,(H,21,23). The Labute approximate surface area is 145 Å². The number of amides is 1. The van der Waals surface area contributed by atoms with E-state index in [1.165, 1.54) is 0 Å². The first kappa shape index (κ1) is 20.2. The third kappa shape index (κ3) is 7.64. The summed E-state index contributed by atoms with van der Waals surface area (Å²) in [6, 6.07) is 9.64. The second kappa shape index (κ2) is 8.88. The van der Waals surface area contributed by atoms with Gasteiger partial charge in [0.15, 0.2) is 0 Å². The molecule has 134 valence electrons. The Balaban J connectivity index is 2.61. The van der Waals surface area contributed by atoms with Crippen molar-refractivity contribution in [1.82, 2.24) is 5.32 Å². The summed E-state index contributed by atoms with van der Waals surface area (Å²) < 4.78 is 5.29. The topological polar surface area (TPSA) is 58.6 Å². The number of alkyl carbamates (subject to hydrolysis) is 1. The lowest BCUT2D eigenvalue weighted by atomic mass is 9.92. The van der Waals surface area contributed by atoms with Crippen molar-refractivity contribution in [3.8, 4) is 0 Å². The van der Waals surface area contributed by atoms with E-state index in [1.807, 2.05) is 65.0 Å². The third-order valence-corrected chi connectivity index (χ3v) is 3.61. The average molecular weight is 333 g/mol. The van der Waals surface area contributed by atoms with Gasteiger partial charge in [-0.1, -0.05) is 56.3 Å². The summed E-state index contributed by atoms with van der Waals surface area (Å²) in [5.41, 5.74) is 1.54. The fourth-order valence-corrected chi connectivity index (χ4v) is 2.53. The number of aliphatic hydroxyl groups is 1. The zero-order valence-electron chi connectivity index (χ0n) is 15.5. The monoisotopic (exact) mass is 333 g/mol. The lowest BCUT2D eigenvalue weighted by molar-refractivity contribution is 0.0375. The number of hydrogen-bond donors (Lipinski definition) is 2. The van der Waals surface area contributed by atoms with E-state index in [1.54, 1.807) is 0 Å². The fourth-order valence-electron chi connectivity index (χ4n) is 2.53. The molecule has 0 radical (unpaired) electrons. The third-order valence-electron chi connectivity index (χ3n) is 3.61. The maximum absolute atomic E-state index is 12.0. The van der Waals surface area contributed by atoms with Crippen LogP contribution in [0.1, 0.15) is 46.6 Å². The number of carbonyl (C=O) groups is 1. The molecule has 2 atom stereocenters. The van der Waals surface area contributed by atoms with Crippen LogP contribution in [0.15, 0.2) is 42.5 Å². The second-order valence-corrected chi connectivity index (χ2v) is 7.60. The van der Waals surface area contributed by atoms with E-state index in [2.05, 4.69) is 11.9 Å². The van der Waals surface area contributed by atoms with E-state index in [0.717, 1.165) is 17.6 Å². The first-order valence-electron chi connectivity index (χ1n) is 8.46. The minimum atomic E-state index is -0.700. The Morgan fingerprint density at radius 1 is 1.25 bits per heavy atom. The summed E-state index contributed by atoms with van der Waals surface area (Å²) in [4.78, 5) is 12.0. The van der Waals surface area contributed by atoms with E-state index >= 15 is 0 Å². The number of hydrogen-bond acceptors (Lipinski definition) is 3. The molecule has 4 heteroatoms. The largest absolute Gasteiger partial charge is 0.444 e. The highest BCUT2D eigenvalue weighted by atomic mass is 16.6. The number of benzene rings is 1. The smallest absolute Gasteiger partial charge is 0.407 e. The molecule has 0 aliphatic heterocycles. The molecule has 0 aliphatic rings. The van der Waals surface area contributed by atoms with Crippen LogP contribution in [0.25, 0.3) is 0 Å². The van der Waals surface area contributed by atoms with Gasteiger partial charge in [0.05, 0.1) is 12.1 Å². The SMILES string of the molecule is C=C(Cc1ccccc1)CC(O)C(NC(=O)OC(C)(C)C)C(C)C. The summed E-state index contributed by atoms with van der Waals surface area (Å²) in [5, 5.41) is 13.3. The van der Waals surface area contributed by atoms with Crippen LogP contribution in [0, 0.1) is 5.92 Å². The lowest BCUT2D eigenvalue weighted by Gasteiger charge is -2.29. The molecule has 1 amide bonds. The Morgan fingerprint density at radius 2 is 1.83 bits per heavy atom. The van der Waals surface area contributed by atoms with Crippen LogP contribution in [-0.4, -0.2) is 28.9 Å². The van der Waals surface area contributed by atoms with Gasteiger partial charge in [-0.05, 0) is 45.1 Å². The molecule has 0 heterocycles. The van der Waals surface area contributed by atoms with E-state index < -0.39 is 17.8 Å². The van der Waals surface area contributed by atoms with Crippen LogP contribution in [0.4, 0.5) is 4.79 Å². The molecular formula is C20H31NO3. The van der Waals surface area contributed by atoms with Crippen molar-refractivity contribution in [1.29, 1.82) is 0 Å². The van der Waals surface area contributed by atoms with Crippen LogP contribution in [-0.2, 0) is 11.2 Å². The van der Waals surface area contributed by atoms with Crippen molar-refractivity contribution in [3.05, 3.63) is 48.0 Å². The van der Waals surface area contributed by atoms with Crippen molar-refractivity contribution in [2.75, 3.05) is 0 Å². The van der Waals surface area contributed by atoms with Gasteiger partial charge >= 0.3 is 6.09 Å². The normalized spacial score (nSPS) is 14.1. The van der Waals surface area contributed by atoms with E-state index in [0.29, 0.717) is 6.42 Å². The predicted octanol–water partition coefficient (Wildman–Crippen LogP) is 4.09. The molecule has 1 aromatic carbocycles. The highest BCUT2D eigenvalue weighted by molar-refractivity contribution is 5.68. The number of nitrogens with one attached hydrogen (secondary N) is 1. The van der Waals surface area contributed by atoms with Gasteiger partial charge in [0.25, 0.3) is 0 Å². The molecule has 4 nitrogen and oxygen atoms in total. The van der Waals surface area contributed by atoms with Gasteiger partial charge < -0.3 is 15.2 Å². The summed E-state index contributed by atoms with van der Waals surface area (Å²) in [6.45, 7) is 13.4. The quantitative estimate of drug-likeness (QED) is 0.739. The molecular weight excluding hydrogens is 302 g/mol. The minimum Gasteiger partial charge on any atom is -0.444 e. The first-order valence-corrected chi connectivity index (χ1v) is 8.46. The molecule has 0 aliphatic carbocycles. The van der Waals surface area contributed by atoms with Crippen molar-refractivity contribution >= 4 is 6.09 Å². The Morgan fingerprint density at radius 3 is 2.33 bits per heavy atom. The Kier molecular flexibility index (Phi) is 7.49. The molecule has 2 unspecified atom stereocenters. The van der Waals surface area contributed by atoms with E-state index in [-0.39, 0.29) is 12.0 Å². The number of ether oxygens (including phenoxy) is 1. The lowest BCUT2D eigenvalue weighted by Crippen LogP contribution is -2.48. The average Bonchev–Trinajstić information content (AvgIpc) is 2.43. The van der Waals surface area contributed by atoms with Gasteiger partial charge in [0.1, 0.15) is 5.60 Å². The highest BCUT2D eigenvalue weighted by Gasteiger charge is 2.27. The maximum Gasteiger partial charge on any atom is 0.407 e. The first-order chi connectivity index (χ1) is 11.1. The van der Waals surface area contributed by atoms with Gasteiger partial charge in [-0.15, -0.1) is 0 Å². The van der Waals surface area contributed by atoms with Crippen LogP contribution in [0.3, 0.4) is 0 Å². The van der Waals surface area contributed by atoms with Crippen LogP contribution in [0.5, 0.6) is 0 Å². The zero-order chi connectivity index (χ0) is 18.3. The summed E-state index contributed by atoms with van der Waals surface area (Å²) in [5.74, 6) is 0.0806. The molecule has 0 saturated heterocycles. The summed E-state index contributed by atoms with van der Waals surface area (Å²) >= 11 is 0. The van der Waals surface area contributed by atoms with Gasteiger partial charge in [-0.2, -0.15) is 0 Å². The molecule has 0 fully saturated rings. The van der Waals surface area contributed by atoms with Crippen LogP contribution < -0.4 is 5.32 Å². The number of rotatable bonds is 7. The van der Waals surface area contributed by atoms with Crippen molar-refractivity contribution < 1.29 is 14.6 Å². The molecule has 0 aromatic heterocycles. The van der Waals surface area contributed by atoms with Gasteiger partial charge in [0.2, 0.25) is 0 Å². The van der Waals surface area contributed by atoms with E-state index in [9.17, 15) is 9.90 Å². The van der Waals surface area contributed by atoms with E-state index in [4.69, 9.17) is 4.74 Å². The molecule has 0 saturated carbocycles. The zero-order valence-corrected chi connectivity index (χ0v) is 15.5. The summed E-state index contributed by atoms with van der Waals surface area (Å²) in [6.07, 6.45) is -0.0504. The molecule has 1 aromatic rings. The van der Waals surface area contributed by atoms with Crippen molar-refractivity contribution in [2.24, 2.45) is 5.92 Å². The van der Waals surface area contributed by atoms with Crippen LogP contribution in [0.2, 0.25) is 0 Å². The van der Waals surface area contributed by atoms with Gasteiger partial charge in [0, 0.05) is 0 Å². The molecule has 0 bridgehead atoms. The molecule has 0 spiro atoms. The molecule has 1 rings (SSSR count). The predicted molar refractivity (Wildman–Crippen MR) is 97.9 cm³/mol.